The topological polar surface area (TPSA) is 88.1 Å². The predicted octanol–water partition coefficient (Wildman–Crippen LogP) is 6.77. The van der Waals surface area contributed by atoms with Crippen LogP contribution >= 0.6 is 0 Å². The van der Waals surface area contributed by atoms with Crippen molar-refractivity contribution in [3.05, 3.63) is 95.5 Å². The molecule has 9 nitrogen and oxygen atoms in total. The highest BCUT2D eigenvalue weighted by atomic mass is 19.1. The van der Waals surface area contributed by atoms with Gasteiger partial charge in [-0.2, -0.15) is 9.67 Å². The van der Waals surface area contributed by atoms with Gasteiger partial charge < -0.3 is 20.1 Å². The molecule has 3 heterocycles. The number of allylic oxidation sites excluding steroid dienone is 3. The summed E-state index contributed by atoms with van der Waals surface area (Å²) >= 11 is 0. The Morgan fingerprint density at radius 2 is 2.07 bits per heavy atom. The van der Waals surface area contributed by atoms with Gasteiger partial charge in [0.15, 0.2) is 35.8 Å². The van der Waals surface area contributed by atoms with Crippen LogP contribution < -0.4 is 15.4 Å². The van der Waals surface area contributed by atoms with Crippen molar-refractivity contribution >= 4 is 23.4 Å². The third-order valence-corrected chi connectivity index (χ3v) is 6.94. The van der Waals surface area contributed by atoms with E-state index < -0.39 is 11.6 Å². The number of nitrogens with one attached hydrogen (secondary N) is 2. The maximum absolute atomic E-state index is 15.6. The Bertz CT molecular complexity index is 1650. The van der Waals surface area contributed by atoms with E-state index in [1.165, 1.54) is 6.33 Å². The van der Waals surface area contributed by atoms with Crippen molar-refractivity contribution in [3.63, 3.8) is 0 Å². The molecule has 0 saturated carbocycles. The van der Waals surface area contributed by atoms with Gasteiger partial charge in [-0.3, -0.25) is 0 Å². The van der Waals surface area contributed by atoms with Crippen LogP contribution in [0.15, 0.2) is 88.8 Å². The van der Waals surface area contributed by atoms with Crippen LogP contribution in [0, 0.1) is 11.6 Å². The first-order chi connectivity index (χ1) is 21.4. The molecule has 2 N–H and O–H groups in total. The maximum atomic E-state index is 15.6. The molecule has 0 radical (unpaired) electrons. The lowest BCUT2D eigenvalue weighted by Crippen LogP contribution is -2.36. The van der Waals surface area contributed by atoms with E-state index in [9.17, 15) is 0 Å². The summed E-state index contributed by atoms with van der Waals surface area (Å²) in [6.07, 6.45) is 15.3. The first-order valence-corrected chi connectivity index (χ1v) is 14.8. The number of nitrogens with zero attached hydrogens (tertiary/aromatic N) is 5. The lowest BCUT2D eigenvalue weighted by Gasteiger charge is -2.20. The number of aromatic nitrogens is 3. The normalized spacial score (nSPS) is 15.4. The summed E-state index contributed by atoms with van der Waals surface area (Å²) in [7, 11) is 1.61. The molecule has 0 fully saturated rings. The van der Waals surface area contributed by atoms with Crippen molar-refractivity contribution in [3.8, 4) is 11.5 Å². The minimum atomic E-state index is -0.752. The number of aliphatic imine (C=N–C) groups is 1. The zero-order valence-corrected chi connectivity index (χ0v) is 25.9. The molecule has 0 spiro atoms. The third-order valence-electron chi connectivity index (χ3n) is 6.94. The van der Waals surface area contributed by atoms with Gasteiger partial charge >= 0.3 is 0 Å². The highest BCUT2D eigenvalue weighted by molar-refractivity contribution is 6.11. The highest BCUT2D eigenvalue weighted by Gasteiger charge is 2.28. The monoisotopic (exact) mass is 604 g/mol. The van der Waals surface area contributed by atoms with Crippen LogP contribution in [0.5, 0.6) is 11.5 Å². The fourth-order valence-electron chi connectivity index (χ4n) is 4.62. The summed E-state index contributed by atoms with van der Waals surface area (Å²) in [5, 5.41) is 10.4. The largest absolute Gasteiger partial charge is 0.490 e. The van der Waals surface area contributed by atoms with Gasteiger partial charge in [-0.1, -0.05) is 32.4 Å². The molecule has 2 aromatic heterocycles. The van der Waals surface area contributed by atoms with E-state index >= 15 is 8.78 Å². The van der Waals surface area contributed by atoms with Crippen LogP contribution in [0.3, 0.4) is 0 Å². The molecule has 44 heavy (non-hydrogen) atoms. The second kappa shape index (κ2) is 15.7. The van der Waals surface area contributed by atoms with Gasteiger partial charge in [-0.15, -0.1) is 0 Å². The summed E-state index contributed by atoms with van der Waals surface area (Å²) in [6.45, 7) is 10.3. The predicted molar refractivity (Wildman–Crippen MR) is 170 cm³/mol. The van der Waals surface area contributed by atoms with E-state index in [0.29, 0.717) is 28.6 Å². The summed E-state index contributed by atoms with van der Waals surface area (Å²) in [5.74, 6) is -0.554. The number of ether oxygens (including phenoxy) is 2. The molecule has 0 unspecified atom stereocenters. The molecule has 0 aliphatic carbocycles. The minimum absolute atomic E-state index is 0.1000. The van der Waals surface area contributed by atoms with Crippen molar-refractivity contribution in [2.45, 2.75) is 47.0 Å². The van der Waals surface area contributed by atoms with Crippen molar-refractivity contribution in [2.24, 2.45) is 4.99 Å². The number of hydrogen-bond donors (Lipinski definition) is 2. The minimum Gasteiger partial charge on any atom is -0.490 e. The van der Waals surface area contributed by atoms with E-state index in [4.69, 9.17) is 14.5 Å². The summed E-state index contributed by atoms with van der Waals surface area (Å²) in [5.41, 5.74) is 2.77. The van der Waals surface area contributed by atoms with Crippen LogP contribution in [0.1, 0.15) is 47.0 Å². The molecule has 4 rings (SSSR count). The van der Waals surface area contributed by atoms with Gasteiger partial charge in [-0.05, 0) is 44.4 Å². The molecular formula is C33H40F2N7O2+. The number of fused-ring (bicyclic) bond motifs is 1. The van der Waals surface area contributed by atoms with E-state index in [1.807, 2.05) is 26.0 Å². The Morgan fingerprint density at radius 3 is 2.77 bits per heavy atom. The SMILES string of the molecule is C\C=C(C)/C(C(=N/C=C/CCC)/Nc1cc(F)c(Oc2ccn3ncnc3c2)cc1F)=C(OC)\C(=C\CC)[N+]1=CCNCC1. The van der Waals surface area contributed by atoms with Crippen molar-refractivity contribution < 1.29 is 22.8 Å². The third kappa shape index (κ3) is 7.84. The summed E-state index contributed by atoms with van der Waals surface area (Å²) in [6, 6.07) is 5.26. The van der Waals surface area contributed by atoms with Crippen LogP contribution in [-0.2, 0) is 4.74 Å². The maximum Gasteiger partial charge on any atom is 0.244 e. The average molecular weight is 605 g/mol. The van der Waals surface area contributed by atoms with E-state index in [-0.39, 0.29) is 11.4 Å². The van der Waals surface area contributed by atoms with Crippen LogP contribution in [0.4, 0.5) is 14.5 Å². The molecular weight excluding hydrogens is 564 g/mol. The first-order valence-electron chi connectivity index (χ1n) is 14.8. The molecule has 11 heteroatoms. The Morgan fingerprint density at radius 1 is 1.23 bits per heavy atom. The standard InChI is InChI=1S/C33H40F2N7O2/c1-6-9-10-13-37-33(31(23(4)8-3)32(43-5)28(11-7-2)41-17-14-36-15-18-41)40-27-20-26(35)29(21-25(27)34)44-24-12-16-42-30(19-24)38-22-39-42/h8,10-13,16-17,19-22,36H,6-7,9,14-15,18H2,1-5H3,(H,37,40)/q+1/b13-10+,23-8-,28-11-,32-31-. The fourth-order valence-corrected chi connectivity index (χ4v) is 4.62. The molecule has 1 aliphatic heterocycles. The number of pyridine rings is 1. The van der Waals surface area contributed by atoms with Crippen molar-refractivity contribution in [1.82, 2.24) is 19.9 Å². The summed E-state index contributed by atoms with van der Waals surface area (Å²) in [4.78, 5) is 8.81. The van der Waals surface area contributed by atoms with Crippen LogP contribution in [0.25, 0.3) is 5.65 Å². The quantitative estimate of drug-likeness (QED) is 0.0780. The number of unbranched alkanes of at least 4 members (excludes halogenated alkanes) is 1. The molecule has 0 saturated heterocycles. The van der Waals surface area contributed by atoms with Crippen molar-refractivity contribution in [1.29, 1.82) is 0 Å². The van der Waals surface area contributed by atoms with Gasteiger partial charge in [-0.25, -0.2) is 23.3 Å². The Kier molecular flexibility index (Phi) is 11.5. The van der Waals surface area contributed by atoms with E-state index in [0.717, 1.165) is 62.3 Å². The van der Waals surface area contributed by atoms with E-state index in [2.05, 4.69) is 51.4 Å². The smallest absolute Gasteiger partial charge is 0.244 e. The lowest BCUT2D eigenvalue weighted by molar-refractivity contribution is -0.474. The van der Waals surface area contributed by atoms with Gasteiger partial charge in [0, 0.05) is 30.6 Å². The lowest BCUT2D eigenvalue weighted by atomic mass is 10.0. The molecule has 3 aromatic rings. The number of rotatable bonds is 12. The molecule has 232 valence electrons. The van der Waals surface area contributed by atoms with Gasteiger partial charge in [0.25, 0.3) is 0 Å². The van der Waals surface area contributed by atoms with Gasteiger partial charge in [0.1, 0.15) is 17.9 Å². The van der Waals surface area contributed by atoms with Crippen LogP contribution in [0.2, 0.25) is 0 Å². The van der Waals surface area contributed by atoms with E-state index in [1.54, 1.807) is 36.2 Å². The molecule has 1 aliphatic rings. The van der Waals surface area contributed by atoms with Crippen LogP contribution in [-0.4, -0.2) is 58.0 Å². The molecule has 1 aromatic carbocycles. The Balaban J connectivity index is 1.78. The zero-order valence-electron chi connectivity index (χ0n) is 25.9. The second-order valence-corrected chi connectivity index (χ2v) is 10.0. The van der Waals surface area contributed by atoms with Crippen molar-refractivity contribution in [2.75, 3.05) is 32.1 Å². The Hall–Kier alpha value is -4.64. The number of amidine groups is 1. The molecule has 0 amide bonds. The number of halogens is 2. The molecule has 0 bridgehead atoms. The average Bonchev–Trinajstić information content (AvgIpc) is 3.51. The number of hydrogen-bond acceptors (Lipinski definition) is 6. The molecule has 0 atom stereocenters. The Labute approximate surface area is 257 Å². The fraction of sp³-hybridized carbons (Fsp3) is 0.333. The van der Waals surface area contributed by atoms with Gasteiger partial charge in [0.2, 0.25) is 11.5 Å². The summed E-state index contributed by atoms with van der Waals surface area (Å²) < 4.78 is 46.5. The zero-order chi connectivity index (χ0) is 31.5. The number of methoxy groups -OCH3 is 1. The number of anilines is 1. The number of benzene rings is 1. The highest BCUT2D eigenvalue weighted by Crippen LogP contribution is 2.31. The first kappa shape index (κ1) is 32.3. The van der Waals surface area contributed by atoms with Gasteiger partial charge in [0.05, 0.1) is 31.5 Å². The second-order valence-electron chi connectivity index (χ2n) is 10.0.